The molecule has 2 aliphatic rings. The van der Waals surface area contributed by atoms with Crippen LogP contribution in [0.5, 0.6) is 5.75 Å². The van der Waals surface area contributed by atoms with E-state index in [4.69, 9.17) is 4.74 Å². The van der Waals surface area contributed by atoms with Crippen LogP contribution in [0.1, 0.15) is 67.2 Å². The van der Waals surface area contributed by atoms with E-state index in [-0.39, 0.29) is 40.7 Å². The topological polar surface area (TPSA) is 74.3 Å². The molecule has 1 aromatic carbocycles. The number of anilines is 3. The van der Waals surface area contributed by atoms with E-state index >= 15 is 0 Å². The van der Waals surface area contributed by atoms with Gasteiger partial charge in [-0.2, -0.15) is 4.98 Å². The van der Waals surface area contributed by atoms with Crippen molar-refractivity contribution in [2.24, 2.45) is 0 Å². The Balaban J connectivity index is 1.39. The van der Waals surface area contributed by atoms with Gasteiger partial charge in [0.1, 0.15) is 6.10 Å². The van der Waals surface area contributed by atoms with E-state index < -0.39 is 11.6 Å². The van der Waals surface area contributed by atoms with Crippen molar-refractivity contribution in [2.45, 2.75) is 96.5 Å². The first-order valence-electron chi connectivity index (χ1n) is 12.9. The lowest BCUT2D eigenvalue weighted by atomic mass is 9.79. The number of aromatic nitrogens is 2. The molecule has 0 spiro atoms. The van der Waals surface area contributed by atoms with Crippen LogP contribution >= 0.6 is 0 Å². The number of nitrogens with one attached hydrogen (secondary N) is 3. The normalized spacial score (nSPS) is 20.9. The SMILES string of the molecule is CC(C)N1CCC(Oc2ccc(Nc3ncc(F)c(NC4CC(C)(C)NC(C)(C)C4)n3)cc2F)CC1. The summed E-state index contributed by atoms with van der Waals surface area (Å²) in [5, 5.41) is 9.87. The predicted octanol–water partition coefficient (Wildman–Crippen LogP) is 5.47. The molecule has 0 aliphatic carbocycles. The highest BCUT2D eigenvalue weighted by atomic mass is 19.1. The Bertz CT molecular complexity index is 1040. The number of likely N-dealkylation sites (tertiary alicyclic amines) is 1. The fraction of sp³-hybridized carbons (Fsp3) is 0.630. The Morgan fingerprint density at radius 1 is 1.06 bits per heavy atom. The van der Waals surface area contributed by atoms with Crippen LogP contribution in [0.3, 0.4) is 0 Å². The number of hydrogen-bond acceptors (Lipinski definition) is 7. The number of benzene rings is 1. The van der Waals surface area contributed by atoms with Gasteiger partial charge in [-0.1, -0.05) is 0 Å². The largest absolute Gasteiger partial charge is 0.487 e. The fourth-order valence-corrected chi connectivity index (χ4v) is 5.64. The monoisotopic (exact) mass is 502 g/mol. The van der Waals surface area contributed by atoms with Gasteiger partial charge in [0.15, 0.2) is 23.2 Å². The van der Waals surface area contributed by atoms with E-state index in [0.717, 1.165) is 45.0 Å². The fourth-order valence-electron chi connectivity index (χ4n) is 5.64. The molecule has 0 unspecified atom stereocenters. The molecule has 3 N–H and O–H groups in total. The van der Waals surface area contributed by atoms with Crippen LogP contribution in [0.4, 0.5) is 26.2 Å². The Hall–Kier alpha value is -2.52. The molecule has 0 radical (unpaired) electrons. The first-order chi connectivity index (χ1) is 16.9. The van der Waals surface area contributed by atoms with Crippen molar-refractivity contribution in [1.82, 2.24) is 20.2 Å². The second kappa shape index (κ2) is 10.5. The molecule has 9 heteroatoms. The highest BCUT2D eigenvalue weighted by Gasteiger charge is 2.38. The van der Waals surface area contributed by atoms with Crippen LogP contribution < -0.4 is 20.7 Å². The summed E-state index contributed by atoms with van der Waals surface area (Å²) >= 11 is 0. The third-order valence-corrected chi connectivity index (χ3v) is 6.96. The Morgan fingerprint density at radius 2 is 1.72 bits per heavy atom. The van der Waals surface area contributed by atoms with Crippen LogP contribution in [-0.2, 0) is 0 Å². The molecule has 0 atom stereocenters. The van der Waals surface area contributed by atoms with E-state index in [0.29, 0.717) is 11.7 Å². The minimum absolute atomic E-state index is 0.00677. The lowest BCUT2D eigenvalue weighted by Gasteiger charge is -2.46. The van der Waals surface area contributed by atoms with Crippen molar-refractivity contribution < 1.29 is 13.5 Å². The van der Waals surface area contributed by atoms with Crippen molar-refractivity contribution in [3.63, 3.8) is 0 Å². The first kappa shape index (κ1) is 26.5. The highest BCUT2D eigenvalue weighted by molar-refractivity contribution is 5.56. The molecule has 198 valence electrons. The van der Waals surface area contributed by atoms with Gasteiger partial charge >= 0.3 is 0 Å². The maximum absolute atomic E-state index is 14.8. The molecule has 2 fully saturated rings. The summed E-state index contributed by atoms with van der Waals surface area (Å²) in [6.45, 7) is 14.8. The molecule has 2 aromatic rings. The molecule has 0 amide bonds. The molecule has 0 saturated carbocycles. The molecule has 1 aromatic heterocycles. The van der Waals surface area contributed by atoms with Crippen molar-refractivity contribution in [3.05, 3.63) is 36.0 Å². The van der Waals surface area contributed by atoms with Crippen molar-refractivity contribution in [1.29, 1.82) is 0 Å². The summed E-state index contributed by atoms with van der Waals surface area (Å²) < 4.78 is 35.3. The Morgan fingerprint density at radius 3 is 2.33 bits per heavy atom. The van der Waals surface area contributed by atoms with Crippen molar-refractivity contribution >= 4 is 17.5 Å². The van der Waals surface area contributed by atoms with Gasteiger partial charge in [-0.05, 0) is 79.4 Å². The molecular formula is C27H40F2N6O. The number of nitrogens with zero attached hydrogens (tertiary/aromatic N) is 3. The average Bonchev–Trinajstić information content (AvgIpc) is 2.76. The third kappa shape index (κ3) is 6.82. The Labute approximate surface area is 213 Å². The van der Waals surface area contributed by atoms with Gasteiger partial charge in [0.25, 0.3) is 0 Å². The summed E-state index contributed by atoms with van der Waals surface area (Å²) in [7, 11) is 0. The molecule has 3 heterocycles. The summed E-state index contributed by atoms with van der Waals surface area (Å²) in [4.78, 5) is 10.8. The highest BCUT2D eigenvalue weighted by Crippen LogP contribution is 2.31. The van der Waals surface area contributed by atoms with Gasteiger partial charge in [-0.25, -0.2) is 13.8 Å². The number of hydrogen-bond donors (Lipinski definition) is 3. The maximum Gasteiger partial charge on any atom is 0.229 e. The smallest absolute Gasteiger partial charge is 0.229 e. The quantitative estimate of drug-likeness (QED) is 0.464. The van der Waals surface area contributed by atoms with Crippen LogP contribution in [-0.4, -0.2) is 57.2 Å². The standard InChI is InChI=1S/C27H40F2N6O/c1-17(2)35-11-9-20(10-12-35)36-23-8-7-18(13-21(23)28)32-25-30-16-22(29)24(33-25)31-19-14-26(3,4)34-27(5,6)15-19/h7-8,13,16-17,19-20,34H,9-12,14-15H2,1-6H3,(H2,30,31,32,33). The summed E-state index contributed by atoms with van der Waals surface area (Å²) in [6, 6.07) is 5.26. The van der Waals surface area contributed by atoms with E-state index in [2.05, 4.69) is 72.4 Å². The molecule has 7 nitrogen and oxygen atoms in total. The van der Waals surface area contributed by atoms with Crippen LogP contribution in [0, 0.1) is 11.6 Å². The molecule has 36 heavy (non-hydrogen) atoms. The average molecular weight is 503 g/mol. The number of ether oxygens (including phenoxy) is 1. The first-order valence-corrected chi connectivity index (χ1v) is 12.9. The summed E-state index contributed by atoms with van der Waals surface area (Å²) in [5.74, 6) is -0.402. The van der Waals surface area contributed by atoms with Gasteiger partial charge in [-0.15, -0.1) is 0 Å². The van der Waals surface area contributed by atoms with Gasteiger partial charge in [-0.3, -0.25) is 0 Å². The van der Waals surface area contributed by atoms with Crippen LogP contribution in [0.2, 0.25) is 0 Å². The number of piperidine rings is 2. The zero-order valence-corrected chi connectivity index (χ0v) is 22.3. The van der Waals surface area contributed by atoms with E-state index in [1.54, 1.807) is 12.1 Å². The minimum atomic E-state index is -0.520. The second-order valence-corrected chi connectivity index (χ2v) is 11.7. The summed E-state index contributed by atoms with van der Waals surface area (Å²) in [5.41, 5.74) is 0.296. The van der Waals surface area contributed by atoms with Gasteiger partial charge < -0.3 is 25.6 Å². The second-order valence-electron chi connectivity index (χ2n) is 11.7. The van der Waals surface area contributed by atoms with E-state index in [1.165, 1.54) is 6.07 Å². The van der Waals surface area contributed by atoms with Crippen molar-refractivity contribution in [3.8, 4) is 5.75 Å². The molecule has 0 bridgehead atoms. The Kier molecular flexibility index (Phi) is 7.71. The molecule has 4 rings (SSSR count). The zero-order chi connectivity index (χ0) is 26.1. The minimum Gasteiger partial charge on any atom is -0.487 e. The number of rotatable bonds is 7. The predicted molar refractivity (Wildman–Crippen MR) is 140 cm³/mol. The molecule has 2 aliphatic heterocycles. The maximum atomic E-state index is 14.8. The van der Waals surface area contributed by atoms with Crippen LogP contribution in [0.25, 0.3) is 0 Å². The van der Waals surface area contributed by atoms with Gasteiger partial charge in [0, 0.05) is 48.0 Å². The third-order valence-electron chi connectivity index (χ3n) is 6.96. The molecular weight excluding hydrogens is 462 g/mol. The number of halogens is 2. The van der Waals surface area contributed by atoms with Crippen LogP contribution in [0.15, 0.2) is 24.4 Å². The van der Waals surface area contributed by atoms with Gasteiger partial charge in [0.2, 0.25) is 5.95 Å². The van der Waals surface area contributed by atoms with E-state index in [1.807, 2.05) is 0 Å². The van der Waals surface area contributed by atoms with Crippen molar-refractivity contribution in [2.75, 3.05) is 23.7 Å². The van der Waals surface area contributed by atoms with E-state index in [9.17, 15) is 8.78 Å². The molecule has 2 saturated heterocycles. The lowest BCUT2D eigenvalue weighted by molar-refractivity contribution is 0.0816. The van der Waals surface area contributed by atoms with Gasteiger partial charge in [0.05, 0.1) is 6.20 Å². The summed E-state index contributed by atoms with van der Waals surface area (Å²) in [6.07, 6.45) is 4.54. The zero-order valence-electron chi connectivity index (χ0n) is 22.3. The lowest BCUT2D eigenvalue weighted by Crippen LogP contribution is -2.60.